The SMILES string of the molecule is O=CC=Cc1ccccc1-c1ccn[nH]1. The Balaban J connectivity index is 2.47. The zero-order chi connectivity index (χ0) is 10.5. The van der Waals surface area contributed by atoms with Crippen LogP contribution in [0.1, 0.15) is 5.56 Å². The van der Waals surface area contributed by atoms with E-state index in [-0.39, 0.29) is 0 Å². The first kappa shape index (κ1) is 9.40. The third-order valence-corrected chi connectivity index (χ3v) is 2.11. The van der Waals surface area contributed by atoms with E-state index < -0.39 is 0 Å². The largest absolute Gasteiger partial charge is 0.299 e. The second-order valence-corrected chi connectivity index (χ2v) is 3.05. The molecule has 0 saturated carbocycles. The van der Waals surface area contributed by atoms with Crippen LogP contribution in [0.25, 0.3) is 17.3 Å². The molecule has 0 aliphatic heterocycles. The van der Waals surface area contributed by atoms with Crippen LogP contribution in [0.4, 0.5) is 0 Å². The van der Waals surface area contributed by atoms with Gasteiger partial charge >= 0.3 is 0 Å². The molecule has 15 heavy (non-hydrogen) atoms. The normalized spacial score (nSPS) is 10.7. The van der Waals surface area contributed by atoms with Crippen molar-refractivity contribution in [3.8, 4) is 11.3 Å². The summed E-state index contributed by atoms with van der Waals surface area (Å²) >= 11 is 0. The van der Waals surface area contributed by atoms with Crippen molar-refractivity contribution in [3.05, 3.63) is 48.2 Å². The topological polar surface area (TPSA) is 45.8 Å². The average molecular weight is 198 g/mol. The van der Waals surface area contributed by atoms with Crippen molar-refractivity contribution in [2.75, 3.05) is 0 Å². The van der Waals surface area contributed by atoms with Gasteiger partial charge < -0.3 is 0 Å². The number of H-pyrrole nitrogens is 1. The summed E-state index contributed by atoms with van der Waals surface area (Å²) in [6.07, 6.45) is 5.73. The van der Waals surface area contributed by atoms with Gasteiger partial charge in [0.1, 0.15) is 6.29 Å². The molecule has 0 atom stereocenters. The number of rotatable bonds is 3. The Morgan fingerprint density at radius 2 is 2.07 bits per heavy atom. The molecule has 0 saturated heterocycles. The van der Waals surface area contributed by atoms with Crippen molar-refractivity contribution < 1.29 is 4.79 Å². The summed E-state index contributed by atoms with van der Waals surface area (Å²) in [5, 5.41) is 6.80. The van der Waals surface area contributed by atoms with Crippen molar-refractivity contribution in [3.63, 3.8) is 0 Å². The molecule has 2 aromatic rings. The van der Waals surface area contributed by atoms with Gasteiger partial charge in [0.2, 0.25) is 0 Å². The molecular formula is C12H10N2O. The van der Waals surface area contributed by atoms with Crippen LogP contribution >= 0.6 is 0 Å². The van der Waals surface area contributed by atoms with Crippen LogP contribution in [0.2, 0.25) is 0 Å². The van der Waals surface area contributed by atoms with Gasteiger partial charge in [0.05, 0.1) is 5.69 Å². The first-order valence-corrected chi connectivity index (χ1v) is 4.62. The van der Waals surface area contributed by atoms with Gasteiger partial charge in [0, 0.05) is 11.8 Å². The third kappa shape index (κ3) is 2.02. The monoisotopic (exact) mass is 198 g/mol. The number of benzene rings is 1. The van der Waals surface area contributed by atoms with Gasteiger partial charge in [-0.25, -0.2) is 0 Å². The quantitative estimate of drug-likeness (QED) is 0.607. The zero-order valence-corrected chi connectivity index (χ0v) is 8.05. The lowest BCUT2D eigenvalue weighted by Crippen LogP contribution is -1.83. The fourth-order valence-electron chi connectivity index (χ4n) is 1.44. The third-order valence-electron chi connectivity index (χ3n) is 2.11. The Bertz CT molecular complexity index is 472. The number of nitrogens with zero attached hydrogens (tertiary/aromatic N) is 1. The van der Waals surface area contributed by atoms with Crippen LogP contribution in [0.3, 0.4) is 0 Å². The van der Waals surface area contributed by atoms with Crippen molar-refractivity contribution >= 4 is 12.4 Å². The van der Waals surface area contributed by atoms with Gasteiger partial charge in [-0.2, -0.15) is 5.10 Å². The van der Waals surface area contributed by atoms with Gasteiger partial charge in [0.25, 0.3) is 0 Å². The molecule has 0 fully saturated rings. The molecule has 3 heteroatoms. The predicted molar refractivity (Wildman–Crippen MR) is 59.1 cm³/mol. The molecule has 3 nitrogen and oxygen atoms in total. The highest BCUT2D eigenvalue weighted by Crippen LogP contribution is 2.21. The minimum atomic E-state index is 0.768. The Kier molecular flexibility index (Phi) is 2.74. The highest BCUT2D eigenvalue weighted by molar-refractivity contribution is 5.79. The minimum absolute atomic E-state index is 0.768. The van der Waals surface area contributed by atoms with Gasteiger partial charge in [-0.3, -0.25) is 9.89 Å². The van der Waals surface area contributed by atoms with Gasteiger partial charge in [-0.05, 0) is 17.7 Å². The van der Waals surface area contributed by atoms with E-state index >= 15 is 0 Å². The molecule has 0 aliphatic rings. The van der Waals surface area contributed by atoms with Crippen LogP contribution in [0, 0.1) is 0 Å². The standard InChI is InChI=1S/C12H10N2O/c15-9-3-5-10-4-1-2-6-11(10)12-7-8-13-14-12/h1-9H,(H,13,14). The number of carbonyl (C=O) groups is 1. The smallest absolute Gasteiger partial charge is 0.142 e. The van der Waals surface area contributed by atoms with E-state index in [1.165, 1.54) is 6.08 Å². The number of aromatic nitrogens is 2. The molecule has 1 N–H and O–H groups in total. The summed E-state index contributed by atoms with van der Waals surface area (Å²) in [6, 6.07) is 9.72. The average Bonchev–Trinajstić information content (AvgIpc) is 2.80. The van der Waals surface area contributed by atoms with Crippen LogP contribution < -0.4 is 0 Å². The summed E-state index contributed by atoms with van der Waals surface area (Å²) in [5.41, 5.74) is 2.98. The van der Waals surface area contributed by atoms with Crippen molar-refractivity contribution in [2.24, 2.45) is 0 Å². The lowest BCUT2D eigenvalue weighted by molar-refractivity contribution is -0.104. The number of hydrogen-bond acceptors (Lipinski definition) is 2. The summed E-state index contributed by atoms with van der Waals surface area (Å²) in [5.74, 6) is 0. The highest BCUT2D eigenvalue weighted by Gasteiger charge is 2.01. The molecule has 74 valence electrons. The minimum Gasteiger partial charge on any atom is -0.299 e. The molecule has 0 radical (unpaired) electrons. The number of hydrogen-bond donors (Lipinski definition) is 1. The molecule has 0 bridgehead atoms. The molecular weight excluding hydrogens is 188 g/mol. The maximum Gasteiger partial charge on any atom is 0.142 e. The molecule has 1 heterocycles. The number of allylic oxidation sites excluding steroid dienone is 1. The van der Waals surface area contributed by atoms with Gasteiger partial charge in [-0.15, -0.1) is 0 Å². The second kappa shape index (κ2) is 4.37. The van der Waals surface area contributed by atoms with Crippen molar-refractivity contribution in [1.29, 1.82) is 0 Å². The van der Waals surface area contributed by atoms with Crippen LogP contribution in [-0.4, -0.2) is 16.5 Å². The van der Waals surface area contributed by atoms with Crippen LogP contribution in [0.5, 0.6) is 0 Å². The summed E-state index contributed by atoms with van der Waals surface area (Å²) in [7, 11) is 0. The Labute approximate surface area is 87.5 Å². The van der Waals surface area contributed by atoms with E-state index in [0.29, 0.717) is 0 Å². The molecule has 2 rings (SSSR count). The maximum atomic E-state index is 10.3. The van der Waals surface area contributed by atoms with E-state index in [1.807, 2.05) is 30.3 Å². The Morgan fingerprint density at radius 1 is 1.20 bits per heavy atom. The van der Waals surface area contributed by atoms with E-state index in [1.54, 1.807) is 12.3 Å². The fraction of sp³-hybridized carbons (Fsp3) is 0. The molecule has 0 spiro atoms. The summed E-state index contributed by atoms with van der Waals surface area (Å²) in [4.78, 5) is 10.3. The summed E-state index contributed by atoms with van der Waals surface area (Å²) in [6.45, 7) is 0. The number of aldehydes is 1. The lowest BCUT2D eigenvalue weighted by Gasteiger charge is -2.01. The van der Waals surface area contributed by atoms with E-state index in [4.69, 9.17) is 0 Å². The first-order valence-electron chi connectivity index (χ1n) is 4.62. The Morgan fingerprint density at radius 3 is 2.80 bits per heavy atom. The van der Waals surface area contributed by atoms with Crippen molar-refractivity contribution in [1.82, 2.24) is 10.2 Å². The zero-order valence-electron chi connectivity index (χ0n) is 8.05. The molecule has 1 aromatic carbocycles. The number of carbonyl (C=O) groups excluding carboxylic acids is 1. The summed E-state index contributed by atoms with van der Waals surface area (Å²) < 4.78 is 0. The fourth-order valence-corrected chi connectivity index (χ4v) is 1.44. The van der Waals surface area contributed by atoms with Gasteiger partial charge in [0.15, 0.2) is 0 Å². The predicted octanol–water partition coefficient (Wildman–Crippen LogP) is 2.29. The number of nitrogens with one attached hydrogen (secondary N) is 1. The molecule has 0 unspecified atom stereocenters. The molecule has 0 aliphatic carbocycles. The van der Waals surface area contributed by atoms with Crippen molar-refractivity contribution in [2.45, 2.75) is 0 Å². The maximum absolute atomic E-state index is 10.3. The van der Waals surface area contributed by atoms with E-state index in [9.17, 15) is 4.79 Å². The Hall–Kier alpha value is -2.16. The first-order chi connectivity index (χ1) is 7.42. The second-order valence-electron chi connectivity index (χ2n) is 3.05. The van der Waals surface area contributed by atoms with Crippen LogP contribution in [-0.2, 0) is 4.79 Å². The number of aromatic amines is 1. The lowest BCUT2D eigenvalue weighted by atomic mass is 10.0. The molecule has 0 amide bonds. The van der Waals surface area contributed by atoms with E-state index in [0.717, 1.165) is 23.1 Å². The van der Waals surface area contributed by atoms with E-state index in [2.05, 4.69) is 10.2 Å². The highest BCUT2D eigenvalue weighted by atomic mass is 16.1. The van der Waals surface area contributed by atoms with Crippen LogP contribution in [0.15, 0.2) is 42.6 Å². The molecule has 1 aromatic heterocycles. The van der Waals surface area contributed by atoms with Gasteiger partial charge in [-0.1, -0.05) is 30.3 Å².